The van der Waals surface area contributed by atoms with Crippen molar-refractivity contribution in [2.24, 2.45) is 0 Å². The first-order valence-electron chi connectivity index (χ1n) is 14.3. The third-order valence-corrected chi connectivity index (χ3v) is 10.7. The highest BCUT2D eigenvalue weighted by molar-refractivity contribution is 8.03. The average Bonchev–Trinajstić information content (AvgIpc) is 3.57. The minimum atomic E-state index is 0.0293. The minimum Gasteiger partial charge on any atom is -0.324 e. The summed E-state index contributed by atoms with van der Waals surface area (Å²) in [4.78, 5) is 2.51. The van der Waals surface area contributed by atoms with Crippen molar-refractivity contribution in [2.45, 2.75) is 20.5 Å². The lowest BCUT2D eigenvalue weighted by Gasteiger charge is -2.32. The third-order valence-electron chi connectivity index (χ3n) is 7.99. The first kappa shape index (κ1) is 25.3. The highest BCUT2D eigenvalue weighted by atomic mass is 32.2. The van der Waals surface area contributed by atoms with Gasteiger partial charge in [0.1, 0.15) is 10.7 Å². The molecule has 202 valence electrons. The molecule has 2 heterocycles. The molecule has 0 spiro atoms. The Morgan fingerprint density at radius 1 is 0.310 bits per heavy atom. The maximum Gasteiger partial charge on any atom is 0.115 e. The Balaban J connectivity index is 1.47. The molecule has 4 heteroatoms. The van der Waals surface area contributed by atoms with Crippen LogP contribution in [0.3, 0.4) is 0 Å². The Labute approximate surface area is 253 Å². The van der Waals surface area contributed by atoms with Crippen LogP contribution in [0.2, 0.25) is 0 Å². The van der Waals surface area contributed by atoms with Crippen LogP contribution in [0.5, 0.6) is 0 Å². The average molecular weight is 577 g/mol. The van der Waals surface area contributed by atoms with E-state index in [4.69, 9.17) is 0 Å². The van der Waals surface area contributed by atoms with Crippen molar-refractivity contribution in [2.75, 3.05) is 0 Å². The summed E-state index contributed by atoms with van der Waals surface area (Å²) in [6.07, 6.45) is 0. The Hall–Kier alpha value is -4.38. The van der Waals surface area contributed by atoms with Crippen LogP contribution in [-0.4, -0.2) is 9.13 Å². The Bertz CT molecular complexity index is 1900. The van der Waals surface area contributed by atoms with Gasteiger partial charge >= 0.3 is 0 Å². The van der Waals surface area contributed by atoms with E-state index in [2.05, 4.69) is 167 Å². The first-order chi connectivity index (χ1) is 20.9. The summed E-state index contributed by atoms with van der Waals surface area (Å²) < 4.78 is 5.18. The Morgan fingerprint density at radius 2 is 0.571 bits per heavy atom. The molecule has 8 rings (SSSR count). The summed E-state index contributed by atoms with van der Waals surface area (Å²) >= 11 is 3.88. The number of aromatic nitrogens is 2. The minimum absolute atomic E-state index is 0.0293. The number of thioether (sulfide) groups is 2. The van der Waals surface area contributed by atoms with Crippen LogP contribution in [0, 0.1) is 0 Å². The molecule has 2 unspecified atom stereocenters. The van der Waals surface area contributed by atoms with Gasteiger partial charge in [0, 0.05) is 31.3 Å². The van der Waals surface area contributed by atoms with Crippen LogP contribution in [0.25, 0.3) is 43.6 Å². The lowest BCUT2D eigenvalue weighted by molar-refractivity contribution is 0.596. The van der Waals surface area contributed by atoms with Gasteiger partial charge in [0.05, 0.1) is 22.1 Å². The van der Waals surface area contributed by atoms with Gasteiger partial charge in [0.2, 0.25) is 0 Å². The van der Waals surface area contributed by atoms with Gasteiger partial charge in [-0.25, -0.2) is 0 Å². The molecule has 42 heavy (non-hydrogen) atoms. The van der Waals surface area contributed by atoms with Crippen molar-refractivity contribution in [1.82, 2.24) is 9.13 Å². The normalized spacial score (nSPS) is 13.2. The molecule has 0 amide bonds. The van der Waals surface area contributed by atoms with Crippen LogP contribution >= 0.6 is 23.5 Å². The van der Waals surface area contributed by atoms with Crippen LogP contribution in [0.1, 0.15) is 10.7 Å². The summed E-state index contributed by atoms with van der Waals surface area (Å²) in [5, 5.41) is 5.22. The molecule has 0 aliphatic heterocycles. The number of hydrogen-bond acceptors (Lipinski definition) is 2. The van der Waals surface area contributed by atoms with Gasteiger partial charge in [-0.15, -0.1) is 0 Å². The zero-order chi connectivity index (χ0) is 27.9. The molecule has 0 N–H and O–H groups in total. The standard InChI is InChI=1S/C38H28N2S2/c1-3-15-27(16-4-1)41-37(39-33-23-11-7-19-29(33)30-20-8-12-24-34(30)39)38(42-28-17-5-2-6-18-28)40-35-25-13-9-21-31(35)32-22-10-14-26-36(32)40/h1-26,37-38H. The molecule has 8 aromatic rings. The van der Waals surface area contributed by atoms with E-state index in [1.54, 1.807) is 0 Å². The lowest BCUT2D eigenvalue weighted by atomic mass is 10.2. The summed E-state index contributed by atoms with van der Waals surface area (Å²) in [7, 11) is 0. The number of fused-ring (bicyclic) bond motifs is 6. The molecular formula is C38H28N2S2. The van der Waals surface area contributed by atoms with Crippen molar-refractivity contribution in [3.8, 4) is 0 Å². The second-order valence-corrected chi connectivity index (χ2v) is 12.8. The Kier molecular flexibility index (Phi) is 6.51. The quantitative estimate of drug-likeness (QED) is 0.175. The van der Waals surface area contributed by atoms with E-state index in [9.17, 15) is 0 Å². The molecule has 2 nitrogen and oxygen atoms in total. The maximum absolute atomic E-state index is 2.59. The second-order valence-electron chi connectivity index (χ2n) is 10.5. The van der Waals surface area contributed by atoms with Gasteiger partial charge in [-0.05, 0) is 48.5 Å². The van der Waals surface area contributed by atoms with E-state index < -0.39 is 0 Å². The van der Waals surface area contributed by atoms with Crippen LogP contribution in [0.4, 0.5) is 0 Å². The molecule has 6 aromatic carbocycles. The zero-order valence-electron chi connectivity index (χ0n) is 22.9. The van der Waals surface area contributed by atoms with Crippen molar-refractivity contribution in [3.05, 3.63) is 158 Å². The highest BCUT2D eigenvalue weighted by Gasteiger charge is 2.32. The number of benzene rings is 6. The molecule has 0 saturated carbocycles. The molecular weight excluding hydrogens is 549 g/mol. The number of para-hydroxylation sites is 4. The van der Waals surface area contributed by atoms with E-state index in [1.165, 1.54) is 53.4 Å². The van der Waals surface area contributed by atoms with Gasteiger partial charge in [-0.2, -0.15) is 0 Å². The predicted octanol–water partition coefficient (Wildman–Crippen LogP) is 11.2. The van der Waals surface area contributed by atoms with Gasteiger partial charge in [-0.3, -0.25) is 0 Å². The molecule has 0 saturated heterocycles. The van der Waals surface area contributed by atoms with E-state index in [0.29, 0.717) is 0 Å². The van der Waals surface area contributed by atoms with Gasteiger partial charge in [0.15, 0.2) is 0 Å². The largest absolute Gasteiger partial charge is 0.324 e. The zero-order valence-corrected chi connectivity index (χ0v) is 24.5. The summed E-state index contributed by atoms with van der Waals surface area (Å²) in [5.41, 5.74) is 5.02. The van der Waals surface area contributed by atoms with Crippen LogP contribution in [0.15, 0.2) is 168 Å². The molecule has 2 atom stereocenters. The van der Waals surface area contributed by atoms with E-state index in [-0.39, 0.29) is 10.7 Å². The highest BCUT2D eigenvalue weighted by Crippen LogP contribution is 2.52. The van der Waals surface area contributed by atoms with E-state index in [0.717, 1.165) is 0 Å². The molecule has 0 radical (unpaired) electrons. The fraction of sp³-hybridized carbons (Fsp3) is 0.0526. The van der Waals surface area contributed by atoms with Crippen molar-refractivity contribution < 1.29 is 0 Å². The fourth-order valence-electron chi connectivity index (χ4n) is 6.21. The van der Waals surface area contributed by atoms with Crippen molar-refractivity contribution in [1.29, 1.82) is 0 Å². The molecule has 0 aliphatic carbocycles. The van der Waals surface area contributed by atoms with Crippen LogP contribution in [-0.2, 0) is 0 Å². The first-order valence-corrected chi connectivity index (χ1v) is 16.0. The second kappa shape index (κ2) is 10.8. The molecule has 0 fully saturated rings. The maximum atomic E-state index is 2.59. The van der Waals surface area contributed by atoms with E-state index in [1.807, 2.05) is 23.5 Å². The number of rotatable bonds is 7. The fourth-order valence-corrected chi connectivity index (χ4v) is 8.87. The molecule has 0 bridgehead atoms. The Morgan fingerprint density at radius 3 is 0.881 bits per heavy atom. The predicted molar refractivity (Wildman–Crippen MR) is 182 cm³/mol. The van der Waals surface area contributed by atoms with E-state index >= 15 is 0 Å². The SMILES string of the molecule is c1ccc(SC(C(Sc2ccccc2)n2c3ccccc3c3ccccc32)n2c3ccccc3c3ccccc32)cc1. The molecule has 2 aromatic heterocycles. The summed E-state index contributed by atoms with van der Waals surface area (Å²) in [6, 6.07) is 57.2. The third kappa shape index (κ3) is 4.30. The lowest BCUT2D eigenvalue weighted by Crippen LogP contribution is -2.18. The number of hydrogen-bond donors (Lipinski definition) is 0. The van der Waals surface area contributed by atoms with Gasteiger partial charge in [0.25, 0.3) is 0 Å². The van der Waals surface area contributed by atoms with Crippen molar-refractivity contribution >= 4 is 67.1 Å². The summed E-state index contributed by atoms with van der Waals surface area (Å²) in [6.45, 7) is 0. The molecule has 0 aliphatic rings. The van der Waals surface area contributed by atoms with Crippen LogP contribution < -0.4 is 0 Å². The van der Waals surface area contributed by atoms with Gasteiger partial charge < -0.3 is 9.13 Å². The van der Waals surface area contributed by atoms with Gasteiger partial charge in [-0.1, -0.05) is 133 Å². The van der Waals surface area contributed by atoms with Crippen molar-refractivity contribution in [3.63, 3.8) is 0 Å². The number of nitrogens with zero attached hydrogens (tertiary/aromatic N) is 2. The summed E-state index contributed by atoms with van der Waals surface area (Å²) in [5.74, 6) is 0. The topological polar surface area (TPSA) is 9.86 Å². The monoisotopic (exact) mass is 576 g/mol. The smallest absolute Gasteiger partial charge is 0.115 e.